The van der Waals surface area contributed by atoms with Crippen molar-refractivity contribution in [3.05, 3.63) is 47.7 Å². The van der Waals surface area contributed by atoms with Crippen molar-refractivity contribution in [3.63, 3.8) is 0 Å². The minimum absolute atomic E-state index is 0.460. The molecule has 0 amide bonds. The van der Waals surface area contributed by atoms with Crippen LogP contribution >= 0.6 is 11.8 Å². The first-order valence-electron chi connectivity index (χ1n) is 7.09. The maximum atomic E-state index is 5.86. The molecule has 21 heavy (non-hydrogen) atoms. The van der Waals surface area contributed by atoms with Gasteiger partial charge in [0.15, 0.2) is 0 Å². The molecule has 0 bridgehead atoms. The summed E-state index contributed by atoms with van der Waals surface area (Å²) in [6, 6.07) is 12.6. The fraction of sp³-hybridized carbons (Fsp3) is 0.353. The highest BCUT2D eigenvalue weighted by Crippen LogP contribution is 2.24. The lowest BCUT2D eigenvalue weighted by Crippen LogP contribution is -2.21. The molecule has 0 unspecified atom stereocenters. The average Bonchev–Trinajstić information content (AvgIpc) is 2.45. The molecule has 3 nitrogen and oxygen atoms in total. The zero-order chi connectivity index (χ0) is 15.2. The van der Waals surface area contributed by atoms with E-state index in [1.165, 1.54) is 10.5 Å². The lowest BCUT2D eigenvalue weighted by atomic mass is 10.2. The summed E-state index contributed by atoms with van der Waals surface area (Å²) in [4.78, 5) is 5.67. The molecule has 1 aromatic heterocycles. The van der Waals surface area contributed by atoms with Gasteiger partial charge in [-0.25, -0.2) is 4.98 Å². The number of pyridine rings is 1. The van der Waals surface area contributed by atoms with Gasteiger partial charge >= 0.3 is 0 Å². The molecule has 112 valence electrons. The van der Waals surface area contributed by atoms with E-state index >= 15 is 0 Å². The van der Waals surface area contributed by atoms with Crippen LogP contribution in [0.4, 0.5) is 0 Å². The van der Waals surface area contributed by atoms with Crippen LogP contribution in [0.25, 0.3) is 0 Å². The van der Waals surface area contributed by atoms with Crippen molar-refractivity contribution in [2.75, 3.05) is 6.26 Å². The zero-order valence-electron chi connectivity index (χ0n) is 13.0. The summed E-state index contributed by atoms with van der Waals surface area (Å²) >= 11 is 1.72. The summed E-state index contributed by atoms with van der Waals surface area (Å²) in [6.07, 6.45) is 2.06. The van der Waals surface area contributed by atoms with E-state index in [9.17, 15) is 0 Å². The van der Waals surface area contributed by atoms with Crippen LogP contribution in [0, 0.1) is 6.92 Å². The molecule has 0 aliphatic carbocycles. The topological polar surface area (TPSA) is 34.1 Å². The molecule has 1 heterocycles. The Labute approximate surface area is 131 Å². The van der Waals surface area contributed by atoms with Gasteiger partial charge in [-0.2, -0.15) is 0 Å². The van der Waals surface area contributed by atoms with E-state index in [1.807, 2.05) is 25.1 Å². The number of hydrogen-bond donors (Lipinski definition) is 1. The van der Waals surface area contributed by atoms with Crippen molar-refractivity contribution in [1.29, 1.82) is 0 Å². The first kappa shape index (κ1) is 15.9. The summed E-state index contributed by atoms with van der Waals surface area (Å²) in [7, 11) is 0. The van der Waals surface area contributed by atoms with Crippen LogP contribution in [-0.2, 0) is 6.54 Å². The Morgan fingerprint density at radius 1 is 1.19 bits per heavy atom. The maximum absolute atomic E-state index is 5.86. The lowest BCUT2D eigenvalue weighted by molar-refractivity contribution is 0.459. The Balaban J connectivity index is 2.11. The number of aryl methyl sites for hydroxylation is 1. The molecular formula is C17H22N2OS. The normalized spacial score (nSPS) is 10.9. The van der Waals surface area contributed by atoms with E-state index in [1.54, 1.807) is 11.8 Å². The van der Waals surface area contributed by atoms with Gasteiger partial charge in [-0.3, -0.25) is 0 Å². The number of nitrogens with zero attached hydrogens (tertiary/aromatic N) is 1. The Hall–Kier alpha value is -1.52. The second-order valence-corrected chi connectivity index (χ2v) is 6.15. The molecule has 0 atom stereocenters. The van der Waals surface area contributed by atoms with E-state index in [0.29, 0.717) is 11.9 Å². The van der Waals surface area contributed by atoms with E-state index in [0.717, 1.165) is 18.0 Å². The van der Waals surface area contributed by atoms with Crippen LogP contribution in [0.5, 0.6) is 11.6 Å². The predicted molar refractivity (Wildman–Crippen MR) is 89.2 cm³/mol. The van der Waals surface area contributed by atoms with E-state index in [4.69, 9.17) is 4.74 Å². The largest absolute Gasteiger partial charge is 0.439 e. The highest BCUT2D eigenvalue weighted by Gasteiger charge is 2.04. The molecule has 1 aromatic carbocycles. The third-order valence-electron chi connectivity index (χ3n) is 2.99. The molecule has 0 spiro atoms. The van der Waals surface area contributed by atoms with E-state index < -0.39 is 0 Å². The second-order valence-electron chi connectivity index (χ2n) is 5.27. The number of nitrogens with one attached hydrogen (secondary N) is 1. The Bertz CT molecular complexity index is 582. The van der Waals surface area contributed by atoms with Crippen LogP contribution in [-0.4, -0.2) is 17.3 Å². The van der Waals surface area contributed by atoms with Crippen molar-refractivity contribution in [2.24, 2.45) is 0 Å². The zero-order valence-corrected chi connectivity index (χ0v) is 13.8. The van der Waals surface area contributed by atoms with Crippen molar-refractivity contribution in [3.8, 4) is 11.6 Å². The highest BCUT2D eigenvalue weighted by atomic mass is 32.2. The molecule has 2 aromatic rings. The predicted octanol–water partition coefficient (Wildman–Crippen LogP) is 4.40. The maximum Gasteiger partial charge on any atom is 0.219 e. The Morgan fingerprint density at radius 2 is 1.90 bits per heavy atom. The molecule has 0 radical (unpaired) electrons. The number of aromatic nitrogens is 1. The molecular weight excluding hydrogens is 280 g/mol. The molecule has 0 saturated heterocycles. The molecule has 0 aliphatic heterocycles. The minimum atomic E-state index is 0.460. The number of rotatable bonds is 6. The highest BCUT2D eigenvalue weighted by molar-refractivity contribution is 7.98. The standard InChI is InChI=1S/C17H22N2OS/c1-12(2)18-11-14-9-13(3)19-17(10-14)20-15-5-7-16(21-4)8-6-15/h5-10,12,18H,11H2,1-4H3. The smallest absolute Gasteiger partial charge is 0.219 e. The first-order valence-corrected chi connectivity index (χ1v) is 8.32. The van der Waals surface area contributed by atoms with Gasteiger partial charge < -0.3 is 10.1 Å². The van der Waals surface area contributed by atoms with Gasteiger partial charge in [-0.1, -0.05) is 13.8 Å². The number of hydrogen-bond acceptors (Lipinski definition) is 4. The van der Waals surface area contributed by atoms with Gasteiger partial charge in [0.05, 0.1) is 0 Å². The van der Waals surface area contributed by atoms with Crippen molar-refractivity contribution >= 4 is 11.8 Å². The van der Waals surface area contributed by atoms with Crippen LogP contribution in [0.3, 0.4) is 0 Å². The monoisotopic (exact) mass is 302 g/mol. The lowest BCUT2D eigenvalue weighted by Gasteiger charge is -2.11. The van der Waals surface area contributed by atoms with Crippen LogP contribution in [0.1, 0.15) is 25.1 Å². The number of benzene rings is 1. The van der Waals surface area contributed by atoms with Crippen molar-refractivity contribution < 1.29 is 4.74 Å². The fourth-order valence-electron chi connectivity index (χ4n) is 1.95. The fourth-order valence-corrected chi connectivity index (χ4v) is 2.36. The third-order valence-corrected chi connectivity index (χ3v) is 3.73. The SMILES string of the molecule is CSc1ccc(Oc2cc(CNC(C)C)cc(C)n2)cc1. The molecule has 0 aliphatic rings. The van der Waals surface area contributed by atoms with Crippen molar-refractivity contribution in [1.82, 2.24) is 10.3 Å². The summed E-state index contributed by atoms with van der Waals surface area (Å²) in [5, 5.41) is 3.41. The molecule has 1 N–H and O–H groups in total. The van der Waals surface area contributed by atoms with Crippen molar-refractivity contribution in [2.45, 2.75) is 38.3 Å². The Morgan fingerprint density at radius 3 is 2.52 bits per heavy atom. The van der Waals surface area contributed by atoms with Crippen LogP contribution < -0.4 is 10.1 Å². The van der Waals surface area contributed by atoms with Gasteiger partial charge in [-0.05, 0) is 49.1 Å². The van der Waals surface area contributed by atoms with E-state index in [-0.39, 0.29) is 0 Å². The summed E-state index contributed by atoms with van der Waals surface area (Å²) < 4.78 is 5.86. The van der Waals surface area contributed by atoms with Gasteiger partial charge in [0.1, 0.15) is 5.75 Å². The van der Waals surface area contributed by atoms with Gasteiger partial charge in [-0.15, -0.1) is 11.8 Å². The summed E-state index contributed by atoms with van der Waals surface area (Å²) in [6.45, 7) is 7.09. The van der Waals surface area contributed by atoms with Crippen LogP contribution in [0.15, 0.2) is 41.3 Å². The Kier molecular flexibility index (Phi) is 5.65. The van der Waals surface area contributed by atoms with Gasteiger partial charge in [0, 0.05) is 29.2 Å². The first-order chi connectivity index (χ1) is 10.1. The molecule has 0 fully saturated rings. The average molecular weight is 302 g/mol. The minimum Gasteiger partial charge on any atom is -0.439 e. The second kappa shape index (κ2) is 7.48. The van der Waals surface area contributed by atoms with Crippen LogP contribution in [0.2, 0.25) is 0 Å². The van der Waals surface area contributed by atoms with Gasteiger partial charge in [0.25, 0.3) is 0 Å². The summed E-state index contributed by atoms with van der Waals surface area (Å²) in [5.74, 6) is 1.46. The number of ether oxygens (including phenoxy) is 1. The van der Waals surface area contributed by atoms with E-state index in [2.05, 4.69) is 48.6 Å². The summed E-state index contributed by atoms with van der Waals surface area (Å²) in [5.41, 5.74) is 2.15. The van der Waals surface area contributed by atoms with Gasteiger partial charge in [0.2, 0.25) is 5.88 Å². The molecule has 2 rings (SSSR count). The third kappa shape index (κ3) is 5.06. The quantitative estimate of drug-likeness (QED) is 0.802. The number of thioether (sulfide) groups is 1. The molecule has 4 heteroatoms. The molecule has 0 saturated carbocycles.